The zero-order valence-electron chi connectivity index (χ0n) is 10.1. The second kappa shape index (κ2) is 5.09. The molecule has 19 heavy (non-hydrogen) atoms. The molecule has 0 bridgehead atoms. The van der Waals surface area contributed by atoms with Gasteiger partial charge in [0.25, 0.3) is 0 Å². The number of rotatable bonds is 3. The van der Waals surface area contributed by atoms with Crippen molar-refractivity contribution in [2.75, 3.05) is 0 Å². The Morgan fingerprint density at radius 2 is 1.89 bits per heavy atom. The van der Waals surface area contributed by atoms with Crippen molar-refractivity contribution in [3.8, 4) is 0 Å². The Balaban J connectivity index is 1.86. The van der Waals surface area contributed by atoms with Crippen LogP contribution in [0, 0.1) is 5.82 Å². The average molecular weight is 320 g/mol. The summed E-state index contributed by atoms with van der Waals surface area (Å²) in [4.78, 5) is 0. The van der Waals surface area contributed by atoms with Gasteiger partial charge in [-0.05, 0) is 46.1 Å². The number of pyridine rings is 1. The van der Waals surface area contributed by atoms with E-state index < -0.39 is 0 Å². The van der Waals surface area contributed by atoms with E-state index in [0.717, 1.165) is 15.9 Å². The van der Waals surface area contributed by atoms with Gasteiger partial charge < -0.3 is 0 Å². The van der Waals surface area contributed by atoms with Crippen LogP contribution in [0.4, 0.5) is 4.39 Å². The van der Waals surface area contributed by atoms with Crippen molar-refractivity contribution < 1.29 is 4.39 Å². The Bertz CT molecular complexity index is 724. The molecule has 0 spiro atoms. The van der Waals surface area contributed by atoms with E-state index in [0.29, 0.717) is 18.4 Å². The minimum absolute atomic E-state index is 0.169. The van der Waals surface area contributed by atoms with E-state index in [2.05, 4.69) is 26.1 Å². The van der Waals surface area contributed by atoms with Crippen LogP contribution in [-0.4, -0.2) is 14.6 Å². The molecule has 0 N–H and O–H groups in total. The molecule has 0 saturated heterocycles. The van der Waals surface area contributed by atoms with E-state index in [4.69, 9.17) is 0 Å². The first-order valence-electron chi connectivity index (χ1n) is 5.96. The third kappa shape index (κ3) is 2.51. The highest BCUT2D eigenvalue weighted by atomic mass is 79.9. The Kier molecular flexibility index (Phi) is 3.29. The summed E-state index contributed by atoms with van der Waals surface area (Å²) in [5, 5.41) is 8.24. The predicted octanol–water partition coefficient (Wildman–Crippen LogP) is 3.42. The third-order valence-electron chi connectivity index (χ3n) is 3.01. The zero-order valence-corrected chi connectivity index (χ0v) is 11.6. The molecule has 3 rings (SSSR count). The van der Waals surface area contributed by atoms with Gasteiger partial charge in [0, 0.05) is 17.1 Å². The molecule has 2 aromatic heterocycles. The number of fused-ring (bicyclic) bond motifs is 1. The molecular formula is C14H11BrFN3. The molecule has 5 heteroatoms. The number of nitrogens with zero attached hydrogens (tertiary/aromatic N) is 3. The van der Waals surface area contributed by atoms with Crippen LogP contribution in [0.5, 0.6) is 0 Å². The van der Waals surface area contributed by atoms with Crippen LogP contribution < -0.4 is 0 Å². The molecule has 0 fully saturated rings. The Labute approximate surface area is 118 Å². The van der Waals surface area contributed by atoms with Crippen molar-refractivity contribution in [1.82, 2.24) is 14.6 Å². The lowest BCUT2D eigenvalue weighted by Crippen LogP contribution is -1.99. The lowest BCUT2D eigenvalue weighted by Gasteiger charge is -2.02. The summed E-state index contributed by atoms with van der Waals surface area (Å²) in [6.07, 6.45) is 3.19. The van der Waals surface area contributed by atoms with Crippen LogP contribution in [0.1, 0.15) is 11.4 Å². The molecule has 1 aromatic carbocycles. The Hall–Kier alpha value is -1.75. The van der Waals surface area contributed by atoms with Gasteiger partial charge in [-0.2, -0.15) is 0 Å². The summed E-state index contributed by atoms with van der Waals surface area (Å²) in [5.41, 5.74) is 1.50. The van der Waals surface area contributed by atoms with Crippen molar-refractivity contribution in [2.24, 2.45) is 0 Å². The van der Waals surface area contributed by atoms with Gasteiger partial charge in [0.1, 0.15) is 11.6 Å². The minimum atomic E-state index is -0.169. The smallest absolute Gasteiger partial charge is 0.160 e. The topological polar surface area (TPSA) is 30.2 Å². The summed E-state index contributed by atoms with van der Waals surface area (Å²) < 4.78 is 16.4. The lowest BCUT2D eigenvalue weighted by molar-refractivity contribution is 0.607. The van der Waals surface area contributed by atoms with Crippen LogP contribution in [0.2, 0.25) is 0 Å². The number of benzene rings is 1. The van der Waals surface area contributed by atoms with Gasteiger partial charge in [0.05, 0.1) is 0 Å². The van der Waals surface area contributed by atoms with E-state index in [1.165, 1.54) is 6.07 Å². The fourth-order valence-corrected chi connectivity index (χ4v) is 2.37. The zero-order chi connectivity index (χ0) is 13.2. The van der Waals surface area contributed by atoms with Crippen molar-refractivity contribution in [2.45, 2.75) is 12.8 Å². The summed E-state index contributed by atoms with van der Waals surface area (Å²) in [5.74, 6) is 0.664. The van der Waals surface area contributed by atoms with Crippen molar-refractivity contribution >= 4 is 21.6 Å². The molecule has 3 nitrogen and oxygen atoms in total. The molecule has 0 radical (unpaired) electrons. The molecular weight excluding hydrogens is 309 g/mol. The van der Waals surface area contributed by atoms with E-state index in [-0.39, 0.29) is 5.82 Å². The van der Waals surface area contributed by atoms with Crippen LogP contribution in [0.25, 0.3) is 5.65 Å². The van der Waals surface area contributed by atoms with Gasteiger partial charge in [-0.3, -0.25) is 4.40 Å². The second-order valence-electron chi connectivity index (χ2n) is 4.28. The molecule has 0 atom stereocenters. The molecule has 0 aliphatic heterocycles. The maximum Gasteiger partial charge on any atom is 0.160 e. The molecule has 0 unspecified atom stereocenters. The fraction of sp³-hybridized carbons (Fsp3) is 0.143. The van der Waals surface area contributed by atoms with Crippen LogP contribution in [0.15, 0.2) is 47.1 Å². The first kappa shape index (κ1) is 12.3. The van der Waals surface area contributed by atoms with Crippen molar-refractivity contribution in [3.63, 3.8) is 0 Å². The molecule has 96 valence electrons. The van der Waals surface area contributed by atoms with Gasteiger partial charge in [-0.15, -0.1) is 10.2 Å². The number of aryl methyl sites for hydroxylation is 2. The van der Waals surface area contributed by atoms with E-state index in [9.17, 15) is 4.39 Å². The summed E-state index contributed by atoms with van der Waals surface area (Å²) in [7, 11) is 0. The molecule has 3 aromatic rings. The van der Waals surface area contributed by atoms with E-state index >= 15 is 0 Å². The highest BCUT2D eigenvalue weighted by Crippen LogP contribution is 2.14. The van der Waals surface area contributed by atoms with Gasteiger partial charge in [0.2, 0.25) is 0 Å². The predicted molar refractivity (Wildman–Crippen MR) is 74.5 cm³/mol. The molecule has 0 amide bonds. The summed E-state index contributed by atoms with van der Waals surface area (Å²) in [6.45, 7) is 0. The van der Waals surface area contributed by atoms with E-state index in [1.807, 2.05) is 28.8 Å². The van der Waals surface area contributed by atoms with Gasteiger partial charge in [0.15, 0.2) is 5.65 Å². The molecule has 0 saturated carbocycles. The van der Waals surface area contributed by atoms with Gasteiger partial charge in [-0.25, -0.2) is 4.39 Å². The monoisotopic (exact) mass is 319 g/mol. The molecule has 0 aliphatic rings. The first-order valence-corrected chi connectivity index (χ1v) is 6.76. The highest BCUT2D eigenvalue weighted by Gasteiger charge is 2.07. The first-order chi connectivity index (χ1) is 9.24. The van der Waals surface area contributed by atoms with Crippen LogP contribution >= 0.6 is 15.9 Å². The third-order valence-corrected chi connectivity index (χ3v) is 3.48. The van der Waals surface area contributed by atoms with Crippen molar-refractivity contribution in [1.29, 1.82) is 0 Å². The van der Waals surface area contributed by atoms with Gasteiger partial charge in [-0.1, -0.05) is 18.2 Å². The average Bonchev–Trinajstić information content (AvgIpc) is 2.80. The number of hydrogen-bond donors (Lipinski definition) is 0. The number of halogens is 2. The largest absolute Gasteiger partial charge is 0.285 e. The maximum atomic E-state index is 13.5. The normalized spacial score (nSPS) is 11.1. The van der Waals surface area contributed by atoms with Crippen molar-refractivity contribution in [3.05, 3.63) is 64.3 Å². The molecule has 0 aliphatic carbocycles. The minimum Gasteiger partial charge on any atom is -0.285 e. The Morgan fingerprint density at radius 3 is 2.74 bits per heavy atom. The number of hydrogen-bond acceptors (Lipinski definition) is 2. The molecule has 2 heterocycles. The fourth-order valence-electron chi connectivity index (χ4n) is 2.03. The quantitative estimate of drug-likeness (QED) is 0.740. The lowest BCUT2D eigenvalue weighted by atomic mass is 10.1. The Morgan fingerprint density at radius 1 is 1.05 bits per heavy atom. The van der Waals surface area contributed by atoms with E-state index in [1.54, 1.807) is 12.1 Å². The standard InChI is InChI=1S/C14H11BrFN3/c15-11-6-8-14-18-17-13(19(14)9-11)7-5-10-3-1-2-4-12(10)16/h1-4,6,8-9H,5,7H2. The van der Waals surface area contributed by atoms with Crippen LogP contribution in [0.3, 0.4) is 0 Å². The highest BCUT2D eigenvalue weighted by molar-refractivity contribution is 9.10. The SMILES string of the molecule is Fc1ccccc1CCc1nnc2ccc(Br)cn12. The summed E-state index contributed by atoms with van der Waals surface area (Å²) >= 11 is 3.42. The van der Waals surface area contributed by atoms with Gasteiger partial charge >= 0.3 is 0 Å². The summed E-state index contributed by atoms with van der Waals surface area (Å²) in [6, 6.07) is 10.6. The van der Waals surface area contributed by atoms with Crippen LogP contribution in [-0.2, 0) is 12.8 Å². The maximum absolute atomic E-state index is 13.5. The second-order valence-corrected chi connectivity index (χ2v) is 5.20. The number of aromatic nitrogens is 3.